The van der Waals surface area contributed by atoms with Gasteiger partial charge in [0.25, 0.3) is 0 Å². The van der Waals surface area contributed by atoms with E-state index < -0.39 is 0 Å². The molecule has 0 N–H and O–H groups in total. The van der Waals surface area contributed by atoms with E-state index in [1.165, 1.54) is 0 Å². The van der Waals surface area contributed by atoms with Gasteiger partial charge in [-0.3, -0.25) is 4.79 Å². The fourth-order valence-electron chi connectivity index (χ4n) is 2.41. The Bertz CT molecular complexity index is 657. The number of carbonyl (C=O) groups excluding carboxylic acids is 1. The van der Waals surface area contributed by atoms with E-state index in [0.29, 0.717) is 19.6 Å². The number of aryl methyl sites for hydroxylation is 1. The van der Waals surface area contributed by atoms with E-state index in [4.69, 9.17) is 4.74 Å². The predicted octanol–water partition coefficient (Wildman–Crippen LogP) is 4.44. The summed E-state index contributed by atoms with van der Waals surface area (Å²) in [5.41, 5.74) is 2.19. The first-order valence-electron chi connectivity index (χ1n) is 7.80. The van der Waals surface area contributed by atoms with Crippen LogP contribution < -0.4 is 4.74 Å². The van der Waals surface area contributed by atoms with Gasteiger partial charge in [-0.2, -0.15) is 0 Å². The van der Waals surface area contributed by atoms with Crippen LogP contribution in [0.15, 0.2) is 53.0 Å². The molecule has 2 aromatic carbocycles. The van der Waals surface area contributed by atoms with Gasteiger partial charge < -0.3 is 9.64 Å². The SMILES string of the molecule is CCOc1ccccc1CN(C)C(=O)CCc1ccccc1Br. The fraction of sp³-hybridized carbons (Fsp3) is 0.316. The van der Waals surface area contributed by atoms with Crippen LogP contribution in [0.25, 0.3) is 0 Å². The highest BCUT2D eigenvalue weighted by Gasteiger charge is 2.12. The maximum absolute atomic E-state index is 12.4. The van der Waals surface area contributed by atoms with Gasteiger partial charge in [-0.1, -0.05) is 52.3 Å². The van der Waals surface area contributed by atoms with E-state index in [9.17, 15) is 4.79 Å². The van der Waals surface area contributed by atoms with Crippen molar-refractivity contribution in [2.75, 3.05) is 13.7 Å². The van der Waals surface area contributed by atoms with Gasteiger partial charge in [0.1, 0.15) is 5.75 Å². The molecule has 0 fully saturated rings. The summed E-state index contributed by atoms with van der Waals surface area (Å²) < 4.78 is 6.67. The molecule has 1 amide bonds. The lowest BCUT2D eigenvalue weighted by Gasteiger charge is -2.19. The highest BCUT2D eigenvalue weighted by atomic mass is 79.9. The minimum absolute atomic E-state index is 0.132. The van der Waals surface area contributed by atoms with Crippen molar-refractivity contribution in [3.05, 3.63) is 64.1 Å². The lowest BCUT2D eigenvalue weighted by molar-refractivity contribution is -0.130. The molecule has 4 heteroatoms. The summed E-state index contributed by atoms with van der Waals surface area (Å²) in [5.74, 6) is 0.979. The smallest absolute Gasteiger partial charge is 0.222 e. The molecular weight excluding hydrogens is 354 g/mol. The maximum Gasteiger partial charge on any atom is 0.222 e. The Hall–Kier alpha value is -1.81. The molecule has 2 aromatic rings. The van der Waals surface area contributed by atoms with Gasteiger partial charge in [-0.05, 0) is 31.0 Å². The molecule has 0 saturated carbocycles. The van der Waals surface area contributed by atoms with Crippen molar-refractivity contribution in [3.8, 4) is 5.75 Å². The number of rotatable bonds is 7. The van der Waals surface area contributed by atoms with E-state index in [0.717, 1.165) is 27.8 Å². The Balaban J connectivity index is 1.94. The van der Waals surface area contributed by atoms with Gasteiger partial charge in [-0.15, -0.1) is 0 Å². The first kappa shape index (κ1) is 17.5. The van der Waals surface area contributed by atoms with Crippen LogP contribution in [0.5, 0.6) is 5.75 Å². The van der Waals surface area contributed by atoms with Crippen LogP contribution in [0.4, 0.5) is 0 Å². The zero-order valence-electron chi connectivity index (χ0n) is 13.6. The lowest BCUT2D eigenvalue weighted by atomic mass is 10.1. The van der Waals surface area contributed by atoms with Crippen molar-refractivity contribution in [2.45, 2.75) is 26.3 Å². The highest BCUT2D eigenvalue weighted by molar-refractivity contribution is 9.10. The molecular formula is C19H22BrNO2. The van der Waals surface area contributed by atoms with E-state index in [1.807, 2.05) is 62.5 Å². The maximum atomic E-state index is 12.4. The van der Waals surface area contributed by atoms with Crippen LogP contribution in [0, 0.1) is 0 Å². The molecule has 0 atom stereocenters. The molecule has 3 nitrogen and oxygen atoms in total. The Labute approximate surface area is 146 Å². The molecule has 0 aliphatic heterocycles. The number of amides is 1. The van der Waals surface area contributed by atoms with Crippen molar-refractivity contribution in [1.29, 1.82) is 0 Å². The second kappa shape index (κ2) is 8.73. The van der Waals surface area contributed by atoms with Gasteiger partial charge in [-0.25, -0.2) is 0 Å². The molecule has 0 bridgehead atoms. The number of para-hydroxylation sites is 1. The fourth-order valence-corrected chi connectivity index (χ4v) is 2.89. The zero-order valence-corrected chi connectivity index (χ0v) is 15.2. The third-order valence-electron chi connectivity index (χ3n) is 3.67. The predicted molar refractivity (Wildman–Crippen MR) is 96.5 cm³/mol. The van der Waals surface area contributed by atoms with E-state index >= 15 is 0 Å². The number of carbonyl (C=O) groups is 1. The molecule has 0 aliphatic carbocycles. The first-order chi connectivity index (χ1) is 11.1. The topological polar surface area (TPSA) is 29.5 Å². The summed E-state index contributed by atoms with van der Waals surface area (Å²) in [7, 11) is 1.84. The minimum atomic E-state index is 0.132. The number of hydrogen-bond donors (Lipinski definition) is 0. The number of nitrogens with zero attached hydrogens (tertiary/aromatic N) is 1. The van der Waals surface area contributed by atoms with Gasteiger partial charge in [0.05, 0.1) is 6.61 Å². The number of hydrogen-bond acceptors (Lipinski definition) is 2. The van der Waals surface area contributed by atoms with Gasteiger partial charge in [0.2, 0.25) is 5.91 Å². The molecule has 0 aromatic heterocycles. The monoisotopic (exact) mass is 375 g/mol. The lowest BCUT2D eigenvalue weighted by Crippen LogP contribution is -2.26. The largest absolute Gasteiger partial charge is 0.494 e. The summed E-state index contributed by atoms with van der Waals surface area (Å²) in [6.45, 7) is 3.14. The first-order valence-corrected chi connectivity index (χ1v) is 8.59. The number of halogens is 1. The Morgan fingerprint density at radius 3 is 2.43 bits per heavy atom. The molecule has 2 rings (SSSR count). The second-order valence-electron chi connectivity index (χ2n) is 5.38. The minimum Gasteiger partial charge on any atom is -0.494 e. The quantitative estimate of drug-likeness (QED) is 0.715. The standard InChI is InChI=1S/C19H22BrNO2/c1-3-23-18-11-7-5-9-16(18)14-21(2)19(22)13-12-15-8-4-6-10-17(15)20/h4-11H,3,12-14H2,1-2H3. The zero-order chi connectivity index (χ0) is 16.7. The van der Waals surface area contributed by atoms with Crippen molar-refractivity contribution in [2.24, 2.45) is 0 Å². The summed E-state index contributed by atoms with van der Waals surface area (Å²) in [4.78, 5) is 14.1. The summed E-state index contributed by atoms with van der Waals surface area (Å²) >= 11 is 3.52. The van der Waals surface area contributed by atoms with Crippen molar-refractivity contribution < 1.29 is 9.53 Å². The Morgan fingerprint density at radius 1 is 1.09 bits per heavy atom. The van der Waals surface area contributed by atoms with Gasteiger partial charge in [0.15, 0.2) is 0 Å². The van der Waals surface area contributed by atoms with E-state index in [1.54, 1.807) is 4.90 Å². The molecule has 0 spiro atoms. The van der Waals surface area contributed by atoms with Crippen LogP contribution in [0.3, 0.4) is 0 Å². The van der Waals surface area contributed by atoms with Crippen molar-refractivity contribution >= 4 is 21.8 Å². The Morgan fingerprint density at radius 2 is 1.74 bits per heavy atom. The Kier molecular flexibility index (Phi) is 6.66. The molecule has 0 saturated heterocycles. The average Bonchev–Trinajstić information content (AvgIpc) is 2.56. The van der Waals surface area contributed by atoms with E-state index in [2.05, 4.69) is 15.9 Å². The number of ether oxygens (including phenoxy) is 1. The van der Waals surface area contributed by atoms with Gasteiger partial charge in [0, 0.05) is 30.0 Å². The summed E-state index contributed by atoms with van der Waals surface area (Å²) in [6, 6.07) is 15.9. The van der Waals surface area contributed by atoms with Crippen LogP contribution in [0.1, 0.15) is 24.5 Å². The number of benzene rings is 2. The molecule has 122 valence electrons. The van der Waals surface area contributed by atoms with Crippen LogP contribution in [-0.2, 0) is 17.8 Å². The average molecular weight is 376 g/mol. The van der Waals surface area contributed by atoms with Crippen LogP contribution >= 0.6 is 15.9 Å². The molecule has 0 aliphatic rings. The van der Waals surface area contributed by atoms with Gasteiger partial charge >= 0.3 is 0 Å². The third kappa shape index (κ3) is 5.10. The normalized spacial score (nSPS) is 10.4. The summed E-state index contributed by atoms with van der Waals surface area (Å²) in [6.07, 6.45) is 1.23. The molecule has 0 heterocycles. The van der Waals surface area contributed by atoms with E-state index in [-0.39, 0.29) is 5.91 Å². The molecule has 0 unspecified atom stereocenters. The summed E-state index contributed by atoms with van der Waals surface area (Å²) in [5, 5.41) is 0. The van der Waals surface area contributed by atoms with Crippen molar-refractivity contribution in [1.82, 2.24) is 4.90 Å². The van der Waals surface area contributed by atoms with Crippen LogP contribution in [0.2, 0.25) is 0 Å². The highest BCUT2D eigenvalue weighted by Crippen LogP contribution is 2.21. The molecule has 0 radical (unpaired) electrons. The molecule has 23 heavy (non-hydrogen) atoms. The second-order valence-corrected chi connectivity index (χ2v) is 6.24. The third-order valence-corrected chi connectivity index (χ3v) is 4.45. The van der Waals surface area contributed by atoms with Crippen molar-refractivity contribution in [3.63, 3.8) is 0 Å². The van der Waals surface area contributed by atoms with Crippen LogP contribution in [-0.4, -0.2) is 24.5 Å².